The van der Waals surface area contributed by atoms with Gasteiger partial charge in [-0.2, -0.15) is 13.2 Å². The lowest BCUT2D eigenvalue weighted by Gasteiger charge is -2.23. The minimum Gasteiger partial charge on any atom is -0.487 e. The summed E-state index contributed by atoms with van der Waals surface area (Å²) in [4.78, 5) is 6.49. The molecule has 0 unspecified atom stereocenters. The topological polar surface area (TPSA) is 34.6 Å². The third-order valence-electron chi connectivity index (χ3n) is 3.91. The first-order chi connectivity index (χ1) is 12.0. The van der Waals surface area contributed by atoms with Crippen molar-refractivity contribution in [2.24, 2.45) is 0 Å². The summed E-state index contributed by atoms with van der Waals surface area (Å²) in [6.07, 6.45) is -2.84. The second-order valence-electron chi connectivity index (χ2n) is 5.89. The minimum absolute atomic E-state index is 0.247. The summed E-state index contributed by atoms with van der Waals surface area (Å²) in [5.41, 5.74) is 0.270. The fourth-order valence-corrected chi connectivity index (χ4v) is 2.69. The van der Waals surface area contributed by atoms with Crippen LogP contribution in [-0.4, -0.2) is 42.3 Å². The highest BCUT2D eigenvalue weighted by Crippen LogP contribution is 2.30. The molecule has 0 amide bonds. The Bertz CT molecular complexity index is 662. The lowest BCUT2D eigenvalue weighted by Crippen LogP contribution is -2.35. The van der Waals surface area contributed by atoms with Crippen LogP contribution in [0.25, 0.3) is 0 Å². The van der Waals surface area contributed by atoms with E-state index >= 15 is 0 Å². The van der Waals surface area contributed by atoms with Crippen LogP contribution in [-0.2, 0) is 17.5 Å². The van der Waals surface area contributed by atoms with Crippen LogP contribution in [0.5, 0.6) is 5.75 Å². The molecule has 0 aliphatic carbocycles. The van der Waals surface area contributed by atoms with Crippen LogP contribution in [0.15, 0.2) is 48.7 Å². The predicted octanol–water partition coefficient (Wildman–Crippen LogP) is 3.38. The number of halogens is 3. The van der Waals surface area contributed by atoms with Gasteiger partial charge in [0.25, 0.3) is 0 Å². The summed E-state index contributed by atoms with van der Waals surface area (Å²) in [5, 5.41) is 0. The van der Waals surface area contributed by atoms with E-state index in [1.165, 1.54) is 12.1 Å². The van der Waals surface area contributed by atoms with Crippen molar-refractivity contribution in [3.05, 3.63) is 59.9 Å². The molecule has 0 saturated carbocycles. The maximum atomic E-state index is 12.6. The smallest absolute Gasteiger partial charge is 0.416 e. The Morgan fingerprint density at radius 1 is 1.16 bits per heavy atom. The molecule has 1 aromatic heterocycles. The Labute approximate surface area is 144 Å². The number of nitrogens with zero attached hydrogens (tertiary/aromatic N) is 2. The van der Waals surface area contributed by atoms with E-state index in [4.69, 9.17) is 9.47 Å². The van der Waals surface area contributed by atoms with Gasteiger partial charge in [-0.25, -0.2) is 0 Å². The van der Waals surface area contributed by atoms with Gasteiger partial charge in [-0.05, 0) is 36.4 Å². The van der Waals surface area contributed by atoms with Gasteiger partial charge in [-0.3, -0.25) is 9.88 Å². The molecule has 0 bridgehead atoms. The summed E-state index contributed by atoms with van der Waals surface area (Å²) in [6.45, 7) is 3.04. The Kier molecular flexibility index (Phi) is 5.55. The molecule has 1 fully saturated rings. The maximum absolute atomic E-state index is 12.6. The molecule has 2 aromatic rings. The van der Waals surface area contributed by atoms with Gasteiger partial charge in [0.2, 0.25) is 0 Å². The zero-order valence-electron chi connectivity index (χ0n) is 13.6. The van der Waals surface area contributed by atoms with E-state index in [9.17, 15) is 13.2 Å². The van der Waals surface area contributed by atoms with Gasteiger partial charge in [-0.15, -0.1) is 0 Å². The van der Waals surface area contributed by atoms with Crippen LogP contribution >= 0.6 is 0 Å². The monoisotopic (exact) mass is 352 g/mol. The number of alkyl halides is 3. The number of pyridine rings is 1. The van der Waals surface area contributed by atoms with E-state index < -0.39 is 11.7 Å². The van der Waals surface area contributed by atoms with Crippen LogP contribution in [0.1, 0.15) is 11.3 Å². The molecule has 1 aliphatic heterocycles. The number of benzene rings is 1. The second-order valence-corrected chi connectivity index (χ2v) is 5.89. The highest BCUT2D eigenvalue weighted by molar-refractivity contribution is 5.29. The van der Waals surface area contributed by atoms with Crippen molar-refractivity contribution in [1.82, 2.24) is 9.88 Å². The van der Waals surface area contributed by atoms with E-state index in [0.29, 0.717) is 32.1 Å². The van der Waals surface area contributed by atoms with Gasteiger partial charge in [0, 0.05) is 25.8 Å². The van der Waals surface area contributed by atoms with E-state index in [1.807, 2.05) is 18.2 Å². The van der Waals surface area contributed by atoms with Gasteiger partial charge in [-0.1, -0.05) is 6.07 Å². The summed E-state index contributed by atoms with van der Waals surface area (Å²) >= 11 is 0. The number of hydrogen-bond donors (Lipinski definition) is 0. The Hall–Kier alpha value is -2.12. The quantitative estimate of drug-likeness (QED) is 0.845. The maximum Gasteiger partial charge on any atom is 0.416 e. The summed E-state index contributed by atoms with van der Waals surface area (Å²) in [5.74, 6) is 0.404. The zero-order chi connectivity index (χ0) is 17.7. The van der Waals surface area contributed by atoms with E-state index in [-0.39, 0.29) is 6.10 Å². The summed E-state index contributed by atoms with van der Waals surface area (Å²) in [6, 6.07) is 10.5. The molecule has 3 rings (SSSR count). The fourth-order valence-electron chi connectivity index (χ4n) is 2.69. The molecule has 0 spiro atoms. The van der Waals surface area contributed by atoms with Crippen molar-refractivity contribution in [2.75, 3.05) is 26.3 Å². The van der Waals surface area contributed by atoms with Crippen LogP contribution in [0, 0.1) is 0 Å². The number of hydrogen-bond acceptors (Lipinski definition) is 4. The standard InChI is InChI=1S/C18H19F3N2O2/c19-18(20,21)14-4-6-16(7-5-14)25-17-12-23(9-10-24-13-17)11-15-3-1-2-8-22-15/h1-8,17H,9-13H2/t17-/m1/s1. The first kappa shape index (κ1) is 17.7. The molecule has 134 valence electrons. The molecule has 1 aliphatic rings. The van der Waals surface area contributed by atoms with Crippen LogP contribution in [0.4, 0.5) is 13.2 Å². The van der Waals surface area contributed by atoms with Gasteiger partial charge in [0.15, 0.2) is 0 Å². The summed E-state index contributed by atoms with van der Waals surface area (Å²) < 4.78 is 49.2. The number of ether oxygens (including phenoxy) is 2. The van der Waals surface area contributed by atoms with Crippen molar-refractivity contribution in [3.8, 4) is 5.75 Å². The Balaban J connectivity index is 1.61. The molecule has 0 radical (unpaired) electrons. The molecule has 1 aromatic carbocycles. The highest BCUT2D eigenvalue weighted by Gasteiger charge is 2.30. The third kappa shape index (κ3) is 5.17. The lowest BCUT2D eigenvalue weighted by molar-refractivity contribution is -0.137. The van der Waals surface area contributed by atoms with Crippen LogP contribution in [0.3, 0.4) is 0 Å². The molecule has 1 atom stereocenters. The average molecular weight is 352 g/mol. The second kappa shape index (κ2) is 7.84. The van der Waals surface area contributed by atoms with Crippen molar-refractivity contribution >= 4 is 0 Å². The molecular weight excluding hydrogens is 333 g/mol. The minimum atomic E-state index is -4.34. The molecule has 0 N–H and O–H groups in total. The molecular formula is C18H19F3N2O2. The average Bonchev–Trinajstić information content (AvgIpc) is 2.80. The molecule has 1 saturated heterocycles. The van der Waals surface area contributed by atoms with E-state index in [1.54, 1.807) is 6.20 Å². The predicted molar refractivity (Wildman–Crippen MR) is 86.2 cm³/mol. The lowest BCUT2D eigenvalue weighted by atomic mass is 10.2. The Morgan fingerprint density at radius 2 is 1.96 bits per heavy atom. The van der Waals surface area contributed by atoms with Gasteiger partial charge in [0.05, 0.1) is 24.5 Å². The number of rotatable bonds is 4. The first-order valence-electron chi connectivity index (χ1n) is 8.04. The molecule has 7 heteroatoms. The molecule has 4 nitrogen and oxygen atoms in total. The SMILES string of the molecule is FC(F)(F)c1ccc(O[C@H]2COCCN(Cc3ccccn3)C2)cc1. The normalized spacial score (nSPS) is 19.4. The summed E-state index contributed by atoms with van der Waals surface area (Å²) in [7, 11) is 0. The highest BCUT2D eigenvalue weighted by atomic mass is 19.4. The van der Waals surface area contributed by atoms with Crippen molar-refractivity contribution < 1.29 is 22.6 Å². The van der Waals surface area contributed by atoms with Crippen LogP contribution in [0.2, 0.25) is 0 Å². The van der Waals surface area contributed by atoms with Gasteiger partial charge in [0.1, 0.15) is 11.9 Å². The fraction of sp³-hybridized carbons (Fsp3) is 0.389. The number of aromatic nitrogens is 1. The van der Waals surface area contributed by atoms with Gasteiger partial charge < -0.3 is 9.47 Å². The van der Waals surface area contributed by atoms with Gasteiger partial charge >= 0.3 is 6.18 Å². The third-order valence-corrected chi connectivity index (χ3v) is 3.91. The van der Waals surface area contributed by atoms with E-state index in [0.717, 1.165) is 24.4 Å². The van der Waals surface area contributed by atoms with Crippen molar-refractivity contribution in [3.63, 3.8) is 0 Å². The van der Waals surface area contributed by atoms with Crippen molar-refractivity contribution in [2.45, 2.75) is 18.8 Å². The van der Waals surface area contributed by atoms with Crippen molar-refractivity contribution in [1.29, 1.82) is 0 Å². The zero-order valence-corrected chi connectivity index (χ0v) is 13.6. The Morgan fingerprint density at radius 3 is 2.64 bits per heavy atom. The largest absolute Gasteiger partial charge is 0.487 e. The van der Waals surface area contributed by atoms with Crippen LogP contribution < -0.4 is 4.74 Å². The molecule has 2 heterocycles. The van der Waals surface area contributed by atoms with E-state index in [2.05, 4.69) is 9.88 Å². The first-order valence-corrected chi connectivity index (χ1v) is 8.04. The molecule has 25 heavy (non-hydrogen) atoms.